The van der Waals surface area contributed by atoms with Crippen molar-refractivity contribution in [1.82, 2.24) is 15.2 Å². The topological polar surface area (TPSA) is 37.4 Å². The molecule has 1 aliphatic heterocycles. The van der Waals surface area contributed by atoms with Crippen LogP contribution in [0.3, 0.4) is 0 Å². The quantitative estimate of drug-likeness (QED) is 0.824. The van der Waals surface area contributed by atoms with Crippen molar-refractivity contribution in [3.63, 3.8) is 0 Å². The predicted molar refractivity (Wildman–Crippen MR) is 85.3 cm³/mol. The Labute approximate surface area is 126 Å². The Hall–Kier alpha value is -1.49. The van der Waals surface area contributed by atoms with E-state index in [1.165, 1.54) is 29.3 Å². The van der Waals surface area contributed by atoms with Crippen LogP contribution in [0.1, 0.15) is 12.0 Å². The summed E-state index contributed by atoms with van der Waals surface area (Å²) >= 11 is 0. The molecule has 0 unspecified atom stereocenters. The molecular formula is C17H23N3O. The first-order valence-corrected chi connectivity index (χ1v) is 7.75. The fourth-order valence-corrected chi connectivity index (χ4v) is 2.73. The summed E-state index contributed by atoms with van der Waals surface area (Å²) in [5, 5.41) is 6.00. The van der Waals surface area contributed by atoms with Gasteiger partial charge in [0.2, 0.25) is 0 Å². The van der Waals surface area contributed by atoms with Crippen LogP contribution < -0.4 is 5.32 Å². The molecule has 0 aliphatic carbocycles. The zero-order valence-corrected chi connectivity index (χ0v) is 12.4. The maximum Gasteiger partial charge on any atom is 0.0594 e. The Morgan fingerprint density at radius 3 is 2.95 bits per heavy atom. The number of rotatable bonds is 6. The van der Waals surface area contributed by atoms with Gasteiger partial charge in [-0.15, -0.1) is 0 Å². The molecule has 4 nitrogen and oxygen atoms in total. The standard InChI is InChI=1S/C17H23N3O/c1(7-20-8-10-21-11-9-20)5-18-13-15-2-3-17-14-19-6-4-16(17)12-15/h2-4,6,12,14,18H,1,5,7-11,13H2. The van der Waals surface area contributed by atoms with Gasteiger partial charge in [0.05, 0.1) is 13.2 Å². The Morgan fingerprint density at radius 1 is 1.14 bits per heavy atom. The largest absolute Gasteiger partial charge is 0.379 e. The lowest BCUT2D eigenvalue weighted by Crippen LogP contribution is -2.37. The maximum atomic E-state index is 5.36. The molecular weight excluding hydrogens is 262 g/mol. The normalized spacial score (nSPS) is 16.4. The lowest BCUT2D eigenvalue weighted by Gasteiger charge is -2.26. The number of nitrogens with zero attached hydrogens (tertiary/aromatic N) is 2. The zero-order valence-electron chi connectivity index (χ0n) is 12.4. The van der Waals surface area contributed by atoms with E-state index in [1.807, 2.05) is 12.4 Å². The van der Waals surface area contributed by atoms with E-state index in [4.69, 9.17) is 4.74 Å². The second-order valence-electron chi connectivity index (χ2n) is 5.54. The highest BCUT2D eigenvalue weighted by atomic mass is 16.5. The van der Waals surface area contributed by atoms with Crippen molar-refractivity contribution < 1.29 is 4.74 Å². The number of pyridine rings is 1. The van der Waals surface area contributed by atoms with Gasteiger partial charge in [-0.1, -0.05) is 12.1 Å². The molecule has 2 heterocycles. The van der Waals surface area contributed by atoms with Crippen LogP contribution in [0.4, 0.5) is 0 Å². The molecule has 0 spiro atoms. The van der Waals surface area contributed by atoms with Crippen LogP contribution in [0.15, 0.2) is 36.7 Å². The summed E-state index contributed by atoms with van der Waals surface area (Å²) in [6, 6.07) is 8.63. The first-order valence-electron chi connectivity index (χ1n) is 7.75. The zero-order chi connectivity index (χ0) is 14.3. The summed E-state index contributed by atoms with van der Waals surface area (Å²) in [7, 11) is 0. The van der Waals surface area contributed by atoms with E-state index in [2.05, 4.69) is 39.5 Å². The fraction of sp³-hybridized carbons (Fsp3) is 0.471. The molecule has 1 saturated heterocycles. The van der Waals surface area contributed by atoms with E-state index >= 15 is 0 Å². The first kappa shape index (κ1) is 14.4. The summed E-state index contributed by atoms with van der Waals surface area (Å²) in [4.78, 5) is 6.62. The van der Waals surface area contributed by atoms with Gasteiger partial charge in [-0.2, -0.15) is 0 Å². The number of morpholine rings is 1. The van der Waals surface area contributed by atoms with Crippen LogP contribution >= 0.6 is 0 Å². The fourth-order valence-electron chi connectivity index (χ4n) is 2.73. The summed E-state index contributed by atoms with van der Waals surface area (Å²) < 4.78 is 5.36. The summed E-state index contributed by atoms with van der Waals surface area (Å²) in [5.41, 5.74) is 1.33. The number of aromatic nitrogens is 1. The molecule has 21 heavy (non-hydrogen) atoms. The second-order valence-corrected chi connectivity index (χ2v) is 5.54. The van der Waals surface area contributed by atoms with Crippen LogP contribution in [-0.2, 0) is 11.3 Å². The van der Waals surface area contributed by atoms with Crippen molar-refractivity contribution in [2.75, 3.05) is 39.4 Å². The number of fused-ring (bicyclic) bond motifs is 1. The summed E-state index contributed by atoms with van der Waals surface area (Å²) in [6.45, 7) is 7.10. The predicted octanol–water partition coefficient (Wildman–Crippen LogP) is 2.05. The van der Waals surface area contributed by atoms with Crippen molar-refractivity contribution in [1.29, 1.82) is 0 Å². The van der Waals surface area contributed by atoms with Gasteiger partial charge in [-0.05, 0) is 42.6 Å². The maximum absolute atomic E-state index is 5.36. The van der Waals surface area contributed by atoms with E-state index in [1.54, 1.807) is 0 Å². The van der Waals surface area contributed by atoms with Crippen molar-refractivity contribution in [3.8, 4) is 0 Å². The van der Waals surface area contributed by atoms with Crippen molar-refractivity contribution >= 4 is 10.8 Å². The van der Waals surface area contributed by atoms with Gasteiger partial charge >= 0.3 is 0 Å². The van der Waals surface area contributed by atoms with Gasteiger partial charge in [0.15, 0.2) is 0 Å². The molecule has 1 aliphatic rings. The molecule has 1 N–H and O–H groups in total. The number of ether oxygens (including phenoxy) is 1. The van der Waals surface area contributed by atoms with Crippen LogP contribution in [-0.4, -0.2) is 49.3 Å². The monoisotopic (exact) mass is 285 g/mol. The van der Waals surface area contributed by atoms with Gasteiger partial charge in [0.25, 0.3) is 0 Å². The Morgan fingerprint density at radius 2 is 2.05 bits per heavy atom. The molecule has 1 fully saturated rings. The third-order valence-electron chi connectivity index (χ3n) is 3.97. The Balaban J connectivity index is 1.39. The summed E-state index contributed by atoms with van der Waals surface area (Å²) in [5.74, 6) is 0. The van der Waals surface area contributed by atoms with E-state index in [9.17, 15) is 0 Å². The average molecular weight is 285 g/mol. The number of nitrogens with one attached hydrogen (secondary N) is 1. The lowest BCUT2D eigenvalue weighted by molar-refractivity contribution is 0.0374. The van der Waals surface area contributed by atoms with Crippen LogP contribution in [0.5, 0.6) is 0 Å². The van der Waals surface area contributed by atoms with E-state index in [-0.39, 0.29) is 0 Å². The molecule has 3 rings (SSSR count). The van der Waals surface area contributed by atoms with E-state index in [0.29, 0.717) is 0 Å². The second kappa shape index (κ2) is 7.50. The smallest absolute Gasteiger partial charge is 0.0594 e. The molecule has 0 atom stereocenters. The highest BCUT2D eigenvalue weighted by molar-refractivity contribution is 5.81. The third-order valence-corrected chi connectivity index (χ3v) is 3.97. The van der Waals surface area contributed by atoms with Gasteiger partial charge in [-0.25, -0.2) is 0 Å². The minimum Gasteiger partial charge on any atom is -0.379 e. The van der Waals surface area contributed by atoms with Crippen molar-refractivity contribution in [3.05, 3.63) is 42.2 Å². The molecule has 1 aromatic heterocycles. The molecule has 0 bridgehead atoms. The third kappa shape index (κ3) is 4.24. The Bertz CT molecular complexity index is 567. The van der Waals surface area contributed by atoms with Gasteiger partial charge in [-0.3, -0.25) is 9.88 Å². The average Bonchev–Trinajstić information content (AvgIpc) is 2.55. The van der Waals surface area contributed by atoms with Gasteiger partial charge < -0.3 is 10.1 Å². The summed E-state index contributed by atoms with van der Waals surface area (Å²) in [6.07, 6.45) is 4.95. The molecule has 4 heteroatoms. The minimum atomic E-state index is 0.888. The van der Waals surface area contributed by atoms with Crippen LogP contribution in [0.2, 0.25) is 0 Å². The highest BCUT2D eigenvalue weighted by Crippen LogP contribution is 2.14. The SMILES string of the molecule is c1cc2cc(CNCCCN3CCOCC3)ccc2cn1. The minimum absolute atomic E-state index is 0.888. The number of benzene rings is 1. The number of hydrogen-bond acceptors (Lipinski definition) is 4. The number of hydrogen-bond donors (Lipinski definition) is 1. The molecule has 0 amide bonds. The van der Waals surface area contributed by atoms with Crippen LogP contribution in [0.25, 0.3) is 10.8 Å². The molecule has 2 aromatic rings. The molecule has 112 valence electrons. The molecule has 0 radical (unpaired) electrons. The highest BCUT2D eigenvalue weighted by Gasteiger charge is 2.08. The van der Waals surface area contributed by atoms with Crippen LogP contribution in [0, 0.1) is 0 Å². The first-order chi connectivity index (χ1) is 10.4. The lowest BCUT2D eigenvalue weighted by atomic mass is 10.1. The van der Waals surface area contributed by atoms with Crippen molar-refractivity contribution in [2.24, 2.45) is 0 Å². The van der Waals surface area contributed by atoms with E-state index in [0.717, 1.165) is 39.4 Å². The van der Waals surface area contributed by atoms with Gasteiger partial charge in [0, 0.05) is 37.4 Å². The van der Waals surface area contributed by atoms with E-state index < -0.39 is 0 Å². The molecule has 0 saturated carbocycles. The Kier molecular flexibility index (Phi) is 5.16. The molecule has 1 aromatic carbocycles. The van der Waals surface area contributed by atoms with Crippen molar-refractivity contribution in [2.45, 2.75) is 13.0 Å². The van der Waals surface area contributed by atoms with Gasteiger partial charge in [0.1, 0.15) is 0 Å².